The first kappa shape index (κ1) is 16.1. The van der Waals surface area contributed by atoms with Gasteiger partial charge in [-0.25, -0.2) is 4.68 Å². The molecule has 3 aromatic rings. The van der Waals surface area contributed by atoms with E-state index in [1.54, 1.807) is 11.8 Å². The van der Waals surface area contributed by atoms with Crippen LogP contribution in [0.5, 0.6) is 11.5 Å². The van der Waals surface area contributed by atoms with Gasteiger partial charge in [-0.1, -0.05) is 29.5 Å². The van der Waals surface area contributed by atoms with Crippen molar-refractivity contribution in [3.63, 3.8) is 0 Å². The Labute approximate surface area is 141 Å². The zero-order valence-electron chi connectivity index (χ0n) is 14.0. The summed E-state index contributed by atoms with van der Waals surface area (Å²) < 4.78 is 12.7. The number of hydrogen-bond donors (Lipinski definition) is 0. The van der Waals surface area contributed by atoms with Crippen molar-refractivity contribution < 1.29 is 9.47 Å². The molecule has 1 aromatic heterocycles. The van der Waals surface area contributed by atoms with Crippen LogP contribution >= 0.6 is 0 Å². The molecule has 124 valence electrons. The monoisotopic (exact) mass is 323 g/mol. The highest BCUT2D eigenvalue weighted by Crippen LogP contribution is 2.28. The SMILES string of the molecule is CCOc1ccc(CCc2cn(-c3ccccc3)nn2)cc1OC. The van der Waals surface area contributed by atoms with Gasteiger partial charge in [-0.2, -0.15) is 0 Å². The van der Waals surface area contributed by atoms with Crippen LogP contribution in [-0.2, 0) is 12.8 Å². The molecule has 0 fully saturated rings. The van der Waals surface area contributed by atoms with Gasteiger partial charge in [-0.3, -0.25) is 0 Å². The van der Waals surface area contributed by atoms with Gasteiger partial charge in [0, 0.05) is 0 Å². The van der Waals surface area contributed by atoms with Gasteiger partial charge in [-0.05, 0) is 49.6 Å². The molecule has 0 radical (unpaired) electrons. The third kappa shape index (κ3) is 3.74. The second-order valence-corrected chi connectivity index (χ2v) is 5.41. The fourth-order valence-electron chi connectivity index (χ4n) is 2.53. The molecule has 0 atom stereocenters. The predicted octanol–water partition coefficient (Wildman–Crippen LogP) is 3.46. The summed E-state index contributed by atoms with van der Waals surface area (Å²) in [5, 5.41) is 8.45. The average Bonchev–Trinajstić information content (AvgIpc) is 3.11. The number of ether oxygens (including phenoxy) is 2. The fourth-order valence-corrected chi connectivity index (χ4v) is 2.53. The van der Waals surface area contributed by atoms with E-state index in [0.29, 0.717) is 6.61 Å². The molecule has 5 nitrogen and oxygen atoms in total. The Hall–Kier alpha value is -2.82. The van der Waals surface area contributed by atoms with E-state index in [1.165, 1.54) is 5.56 Å². The molecule has 0 bridgehead atoms. The van der Waals surface area contributed by atoms with Crippen molar-refractivity contribution in [1.29, 1.82) is 0 Å². The lowest BCUT2D eigenvalue weighted by atomic mass is 10.1. The molecule has 0 amide bonds. The van der Waals surface area contributed by atoms with Gasteiger partial charge in [0.15, 0.2) is 11.5 Å². The van der Waals surface area contributed by atoms with E-state index in [9.17, 15) is 0 Å². The van der Waals surface area contributed by atoms with E-state index in [2.05, 4.69) is 16.4 Å². The summed E-state index contributed by atoms with van der Waals surface area (Å²) in [6, 6.07) is 16.0. The van der Waals surface area contributed by atoms with Crippen molar-refractivity contribution in [2.24, 2.45) is 0 Å². The number of hydrogen-bond acceptors (Lipinski definition) is 4. The lowest BCUT2D eigenvalue weighted by molar-refractivity contribution is 0.310. The number of aromatic nitrogens is 3. The average molecular weight is 323 g/mol. The van der Waals surface area contributed by atoms with Gasteiger partial charge in [0.25, 0.3) is 0 Å². The van der Waals surface area contributed by atoms with Gasteiger partial charge in [0.05, 0.1) is 31.3 Å². The first-order chi connectivity index (χ1) is 11.8. The Kier molecular flexibility index (Phi) is 5.11. The summed E-state index contributed by atoms with van der Waals surface area (Å²) in [6.07, 6.45) is 3.67. The lowest BCUT2D eigenvalue weighted by Gasteiger charge is -2.10. The van der Waals surface area contributed by atoms with Crippen molar-refractivity contribution in [2.45, 2.75) is 19.8 Å². The lowest BCUT2D eigenvalue weighted by Crippen LogP contribution is -1.97. The molecule has 0 aliphatic carbocycles. The van der Waals surface area contributed by atoms with Gasteiger partial charge in [0.1, 0.15) is 0 Å². The Bertz CT molecular complexity index is 784. The minimum absolute atomic E-state index is 0.623. The molecule has 24 heavy (non-hydrogen) atoms. The van der Waals surface area contributed by atoms with E-state index in [4.69, 9.17) is 9.47 Å². The highest BCUT2D eigenvalue weighted by Gasteiger charge is 2.07. The standard InChI is InChI=1S/C19H21N3O2/c1-3-24-18-12-10-15(13-19(18)23-2)9-11-16-14-22(21-20-16)17-7-5-4-6-8-17/h4-8,10,12-14H,3,9,11H2,1-2H3. The highest BCUT2D eigenvalue weighted by molar-refractivity contribution is 5.43. The van der Waals surface area contributed by atoms with Crippen LogP contribution in [0.2, 0.25) is 0 Å². The minimum atomic E-state index is 0.623. The van der Waals surface area contributed by atoms with Crippen LogP contribution in [0.1, 0.15) is 18.2 Å². The maximum atomic E-state index is 5.55. The van der Waals surface area contributed by atoms with E-state index >= 15 is 0 Å². The van der Waals surface area contributed by atoms with Crippen LogP contribution in [0.4, 0.5) is 0 Å². The molecule has 0 unspecified atom stereocenters. The van der Waals surface area contributed by atoms with Crippen LogP contribution in [0, 0.1) is 0 Å². The highest BCUT2D eigenvalue weighted by atomic mass is 16.5. The summed E-state index contributed by atoms with van der Waals surface area (Å²) in [5.74, 6) is 1.54. The van der Waals surface area contributed by atoms with Crippen molar-refractivity contribution in [3.05, 3.63) is 66.0 Å². The third-order valence-electron chi connectivity index (χ3n) is 3.76. The Morgan fingerprint density at radius 2 is 1.83 bits per heavy atom. The summed E-state index contributed by atoms with van der Waals surface area (Å²) in [5.41, 5.74) is 3.16. The Balaban J connectivity index is 1.67. The molecule has 0 N–H and O–H groups in total. The van der Waals surface area contributed by atoms with Crippen LogP contribution in [-0.4, -0.2) is 28.7 Å². The quantitative estimate of drug-likeness (QED) is 0.668. The van der Waals surface area contributed by atoms with E-state index < -0.39 is 0 Å². The third-order valence-corrected chi connectivity index (χ3v) is 3.76. The van der Waals surface area contributed by atoms with Crippen LogP contribution in [0.3, 0.4) is 0 Å². The molecule has 0 saturated heterocycles. The van der Waals surface area contributed by atoms with Gasteiger partial charge >= 0.3 is 0 Å². The molecule has 5 heteroatoms. The molecule has 2 aromatic carbocycles. The van der Waals surface area contributed by atoms with Gasteiger partial charge < -0.3 is 9.47 Å². The molecule has 0 spiro atoms. The van der Waals surface area contributed by atoms with Crippen LogP contribution in [0.25, 0.3) is 5.69 Å². The summed E-state index contributed by atoms with van der Waals surface area (Å²) in [7, 11) is 1.66. The molecule has 3 rings (SSSR count). The number of para-hydroxylation sites is 1. The van der Waals surface area contributed by atoms with E-state index in [0.717, 1.165) is 35.7 Å². The van der Waals surface area contributed by atoms with E-state index in [1.807, 2.05) is 55.6 Å². The molecule has 1 heterocycles. The van der Waals surface area contributed by atoms with Crippen molar-refractivity contribution >= 4 is 0 Å². The largest absolute Gasteiger partial charge is 0.493 e. The predicted molar refractivity (Wildman–Crippen MR) is 92.9 cm³/mol. The van der Waals surface area contributed by atoms with Gasteiger partial charge in [0.2, 0.25) is 0 Å². The normalized spacial score (nSPS) is 10.6. The number of nitrogens with zero attached hydrogens (tertiary/aromatic N) is 3. The smallest absolute Gasteiger partial charge is 0.161 e. The molecular weight excluding hydrogens is 302 g/mol. The zero-order valence-corrected chi connectivity index (χ0v) is 14.0. The molecular formula is C19H21N3O2. The van der Waals surface area contributed by atoms with Crippen LogP contribution in [0.15, 0.2) is 54.7 Å². The summed E-state index contributed by atoms with van der Waals surface area (Å²) in [4.78, 5) is 0. The van der Waals surface area contributed by atoms with Crippen molar-refractivity contribution in [2.75, 3.05) is 13.7 Å². The second kappa shape index (κ2) is 7.64. The minimum Gasteiger partial charge on any atom is -0.493 e. The number of aryl methyl sites for hydroxylation is 2. The fraction of sp³-hybridized carbons (Fsp3) is 0.263. The molecule has 0 aliphatic rings. The van der Waals surface area contributed by atoms with Crippen molar-refractivity contribution in [3.8, 4) is 17.2 Å². The topological polar surface area (TPSA) is 49.2 Å². The maximum absolute atomic E-state index is 5.55. The summed E-state index contributed by atoms with van der Waals surface area (Å²) in [6.45, 7) is 2.59. The Morgan fingerprint density at radius 3 is 2.58 bits per heavy atom. The number of methoxy groups -OCH3 is 1. The molecule has 0 saturated carbocycles. The van der Waals surface area contributed by atoms with Crippen molar-refractivity contribution in [1.82, 2.24) is 15.0 Å². The first-order valence-electron chi connectivity index (χ1n) is 8.06. The molecule has 0 aliphatic heterocycles. The first-order valence-corrected chi connectivity index (χ1v) is 8.06. The maximum Gasteiger partial charge on any atom is 0.161 e. The second-order valence-electron chi connectivity index (χ2n) is 5.41. The van der Waals surface area contributed by atoms with Crippen LogP contribution < -0.4 is 9.47 Å². The van der Waals surface area contributed by atoms with Gasteiger partial charge in [-0.15, -0.1) is 5.10 Å². The number of benzene rings is 2. The van der Waals surface area contributed by atoms with E-state index in [-0.39, 0.29) is 0 Å². The number of rotatable bonds is 7. The summed E-state index contributed by atoms with van der Waals surface area (Å²) >= 11 is 0. The zero-order chi connectivity index (χ0) is 16.8. The Morgan fingerprint density at radius 1 is 1.00 bits per heavy atom.